The van der Waals surface area contributed by atoms with Crippen LogP contribution in [0.1, 0.15) is 45.8 Å². The number of carbonyl (C=O) groups excluding carboxylic acids is 2. The first-order valence-corrected chi connectivity index (χ1v) is 9.40. The summed E-state index contributed by atoms with van der Waals surface area (Å²) in [6.07, 6.45) is 7.97. The number of aromatic nitrogens is 2. The Morgan fingerprint density at radius 1 is 1.29 bits per heavy atom. The van der Waals surface area contributed by atoms with Gasteiger partial charge in [-0.1, -0.05) is 12.1 Å². The predicted octanol–water partition coefficient (Wildman–Crippen LogP) is 2.04. The molecule has 7 heteroatoms. The number of aryl methyl sites for hydroxylation is 1. The number of fused-ring (bicyclic) bond motifs is 2. The van der Waals surface area contributed by atoms with Crippen LogP contribution >= 0.6 is 0 Å². The molecule has 0 radical (unpaired) electrons. The standard InChI is InChI=1S/C21H20N4O3/c26-19(24-28)14-2-1-13-5-6-21(7-8-23-20(21)27)18(16(13)11-14)15-3-4-17-22-9-10-25(17)12-15/h1-4,9-12,18,28H,5-8H2,(H,23,27)(H,24,26)/t18?,21-/m1/s1. The molecule has 0 saturated carbocycles. The Hall–Kier alpha value is -3.19. The van der Waals surface area contributed by atoms with Crippen molar-refractivity contribution in [3.05, 3.63) is 71.2 Å². The van der Waals surface area contributed by atoms with Crippen molar-refractivity contribution < 1.29 is 14.8 Å². The second kappa shape index (κ2) is 6.17. The zero-order valence-electron chi connectivity index (χ0n) is 15.2. The quantitative estimate of drug-likeness (QED) is 0.471. The molecule has 2 aromatic heterocycles. The first kappa shape index (κ1) is 16.9. The van der Waals surface area contributed by atoms with Gasteiger partial charge in [0, 0.05) is 36.6 Å². The molecule has 3 aromatic rings. The van der Waals surface area contributed by atoms with Crippen LogP contribution < -0.4 is 10.8 Å². The topological polar surface area (TPSA) is 95.7 Å². The third kappa shape index (κ3) is 2.36. The first-order valence-electron chi connectivity index (χ1n) is 9.40. The molecule has 3 heterocycles. The lowest BCUT2D eigenvalue weighted by Crippen LogP contribution is -2.41. The number of hydrogen-bond acceptors (Lipinski definition) is 4. The van der Waals surface area contributed by atoms with E-state index in [1.54, 1.807) is 17.7 Å². The molecule has 2 amide bonds. The summed E-state index contributed by atoms with van der Waals surface area (Å²) in [5.74, 6) is -0.648. The molecular formula is C21H20N4O3. The van der Waals surface area contributed by atoms with Crippen LogP contribution in [-0.2, 0) is 11.2 Å². The van der Waals surface area contributed by atoms with Crippen molar-refractivity contribution in [3.63, 3.8) is 0 Å². The van der Waals surface area contributed by atoms with Gasteiger partial charge in [0.1, 0.15) is 5.65 Å². The molecule has 2 atom stereocenters. The fourth-order valence-corrected chi connectivity index (χ4v) is 4.91. The van der Waals surface area contributed by atoms with Gasteiger partial charge in [-0.15, -0.1) is 0 Å². The molecule has 1 unspecified atom stereocenters. The van der Waals surface area contributed by atoms with Crippen LogP contribution in [0.4, 0.5) is 0 Å². The minimum atomic E-state index is -0.554. The summed E-state index contributed by atoms with van der Waals surface area (Å²) in [5, 5.41) is 12.1. The molecule has 1 saturated heterocycles. The normalized spacial score (nSPS) is 23.6. The van der Waals surface area contributed by atoms with Gasteiger partial charge in [0.2, 0.25) is 5.91 Å². The molecule has 1 fully saturated rings. The summed E-state index contributed by atoms with van der Waals surface area (Å²) < 4.78 is 1.95. The third-order valence-electron chi connectivity index (χ3n) is 6.27. The maximum atomic E-state index is 13.0. The average Bonchev–Trinajstić information content (AvgIpc) is 3.33. The van der Waals surface area contributed by atoms with Crippen LogP contribution in [0.5, 0.6) is 0 Å². The van der Waals surface area contributed by atoms with E-state index < -0.39 is 11.3 Å². The lowest BCUT2D eigenvalue weighted by Gasteiger charge is -2.41. The lowest BCUT2D eigenvalue weighted by atomic mass is 9.61. The summed E-state index contributed by atoms with van der Waals surface area (Å²) in [7, 11) is 0. The summed E-state index contributed by atoms with van der Waals surface area (Å²) in [4.78, 5) is 29.3. The van der Waals surface area contributed by atoms with Gasteiger partial charge in [-0.25, -0.2) is 10.5 Å². The van der Waals surface area contributed by atoms with E-state index in [0.717, 1.165) is 41.6 Å². The number of nitrogens with zero attached hydrogens (tertiary/aromatic N) is 2. The molecule has 2 aliphatic rings. The lowest BCUT2D eigenvalue weighted by molar-refractivity contribution is -0.129. The van der Waals surface area contributed by atoms with Crippen molar-refractivity contribution in [2.75, 3.05) is 6.54 Å². The highest BCUT2D eigenvalue weighted by atomic mass is 16.5. The van der Waals surface area contributed by atoms with E-state index in [0.29, 0.717) is 12.1 Å². The van der Waals surface area contributed by atoms with Gasteiger partial charge in [-0.3, -0.25) is 14.8 Å². The van der Waals surface area contributed by atoms with Gasteiger partial charge in [0.15, 0.2) is 0 Å². The molecular weight excluding hydrogens is 356 g/mol. The molecule has 142 valence electrons. The number of nitrogens with one attached hydrogen (secondary N) is 2. The number of rotatable bonds is 2. The number of hydrogen-bond donors (Lipinski definition) is 3. The van der Waals surface area contributed by atoms with Gasteiger partial charge in [-0.2, -0.15) is 0 Å². The van der Waals surface area contributed by atoms with Crippen LogP contribution in [0.25, 0.3) is 5.65 Å². The molecule has 1 aliphatic carbocycles. The Morgan fingerprint density at radius 3 is 2.96 bits per heavy atom. The van der Waals surface area contributed by atoms with Gasteiger partial charge >= 0.3 is 0 Å². The molecule has 1 aliphatic heterocycles. The van der Waals surface area contributed by atoms with Crippen molar-refractivity contribution >= 4 is 17.5 Å². The van der Waals surface area contributed by atoms with Crippen LogP contribution in [0.2, 0.25) is 0 Å². The minimum absolute atomic E-state index is 0.0749. The predicted molar refractivity (Wildman–Crippen MR) is 101 cm³/mol. The Morgan fingerprint density at radius 2 is 2.18 bits per heavy atom. The Labute approximate surface area is 161 Å². The molecule has 5 rings (SSSR count). The largest absolute Gasteiger partial charge is 0.356 e. The van der Waals surface area contributed by atoms with Gasteiger partial charge in [-0.05, 0) is 54.2 Å². The third-order valence-corrected chi connectivity index (χ3v) is 6.27. The van der Waals surface area contributed by atoms with E-state index in [1.165, 1.54) is 0 Å². The van der Waals surface area contributed by atoms with Crippen molar-refractivity contribution in [2.45, 2.75) is 25.2 Å². The van der Waals surface area contributed by atoms with Crippen LogP contribution in [0.15, 0.2) is 48.9 Å². The molecule has 3 N–H and O–H groups in total. The number of hydroxylamine groups is 1. The van der Waals surface area contributed by atoms with E-state index in [-0.39, 0.29) is 11.8 Å². The minimum Gasteiger partial charge on any atom is -0.356 e. The van der Waals surface area contributed by atoms with Gasteiger partial charge in [0.05, 0.1) is 5.41 Å². The summed E-state index contributed by atoms with van der Waals surface area (Å²) in [6.45, 7) is 0.662. The summed E-state index contributed by atoms with van der Waals surface area (Å²) in [6, 6.07) is 9.44. The van der Waals surface area contributed by atoms with Crippen LogP contribution in [0.3, 0.4) is 0 Å². The number of imidazole rings is 1. The fourth-order valence-electron chi connectivity index (χ4n) is 4.91. The summed E-state index contributed by atoms with van der Waals surface area (Å²) >= 11 is 0. The highest BCUT2D eigenvalue weighted by molar-refractivity contribution is 5.94. The highest BCUT2D eigenvalue weighted by Gasteiger charge is 2.52. The molecule has 1 spiro atoms. The number of amides is 2. The van der Waals surface area contributed by atoms with Crippen molar-refractivity contribution in [1.82, 2.24) is 20.2 Å². The van der Waals surface area contributed by atoms with E-state index in [4.69, 9.17) is 5.21 Å². The number of pyridine rings is 1. The molecule has 28 heavy (non-hydrogen) atoms. The molecule has 7 nitrogen and oxygen atoms in total. The van der Waals surface area contributed by atoms with Crippen LogP contribution in [-0.4, -0.2) is 33.0 Å². The van der Waals surface area contributed by atoms with E-state index in [1.807, 2.05) is 41.1 Å². The summed E-state index contributed by atoms with van der Waals surface area (Å²) in [5.41, 5.74) is 5.53. The average molecular weight is 376 g/mol. The van der Waals surface area contributed by atoms with Crippen molar-refractivity contribution in [2.24, 2.45) is 5.41 Å². The Kier molecular flexibility index (Phi) is 3.73. The Bertz CT molecular complexity index is 1110. The monoisotopic (exact) mass is 376 g/mol. The van der Waals surface area contributed by atoms with Crippen molar-refractivity contribution in [1.29, 1.82) is 0 Å². The molecule has 1 aromatic carbocycles. The van der Waals surface area contributed by atoms with E-state index >= 15 is 0 Å². The second-order valence-electron chi connectivity index (χ2n) is 7.60. The van der Waals surface area contributed by atoms with Crippen molar-refractivity contribution in [3.8, 4) is 0 Å². The first-order chi connectivity index (χ1) is 13.6. The SMILES string of the molecule is O=C(NO)c1ccc2c(c1)C(c1ccc3nccn3c1)[C@]1(CCNC1=O)CC2. The molecule has 0 bridgehead atoms. The second-order valence-corrected chi connectivity index (χ2v) is 7.60. The maximum Gasteiger partial charge on any atom is 0.274 e. The van der Waals surface area contributed by atoms with E-state index in [9.17, 15) is 9.59 Å². The van der Waals surface area contributed by atoms with Gasteiger partial charge < -0.3 is 9.72 Å². The van der Waals surface area contributed by atoms with Gasteiger partial charge in [0.25, 0.3) is 5.91 Å². The Balaban J connectivity index is 1.73. The smallest absolute Gasteiger partial charge is 0.274 e. The number of carbonyl (C=O) groups is 2. The van der Waals surface area contributed by atoms with Crippen LogP contribution in [0, 0.1) is 5.41 Å². The fraction of sp³-hybridized carbons (Fsp3) is 0.286. The maximum absolute atomic E-state index is 13.0. The zero-order chi connectivity index (χ0) is 19.3. The zero-order valence-corrected chi connectivity index (χ0v) is 15.2. The highest BCUT2D eigenvalue weighted by Crippen LogP contribution is 2.53. The van der Waals surface area contributed by atoms with E-state index in [2.05, 4.69) is 10.3 Å². The number of benzene rings is 1.